The first-order chi connectivity index (χ1) is 15.7. The molecule has 0 aliphatic heterocycles. The van der Waals surface area contributed by atoms with Crippen LogP contribution in [0.25, 0.3) is 0 Å². The third-order valence-electron chi connectivity index (χ3n) is 5.76. The number of rotatable bonds is 9. The van der Waals surface area contributed by atoms with Gasteiger partial charge in [-0.3, -0.25) is 9.10 Å². The third kappa shape index (κ3) is 6.45. The van der Waals surface area contributed by atoms with Gasteiger partial charge in [-0.15, -0.1) is 0 Å². The number of aryl methyl sites for hydroxylation is 5. The first-order valence-corrected chi connectivity index (χ1v) is 12.6. The largest absolute Gasteiger partial charge is 0.355 e. The Kier molecular flexibility index (Phi) is 7.92. The summed E-state index contributed by atoms with van der Waals surface area (Å²) in [7, 11) is -3.90. The molecule has 3 aromatic rings. The average Bonchev–Trinajstić information content (AvgIpc) is 2.78. The fourth-order valence-electron chi connectivity index (χ4n) is 3.49. The average molecular weight is 465 g/mol. The van der Waals surface area contributed by atoms with Crippen LogP contribution in [0.3, 0.4) is 0 Å². The molecule has 1 N–H and O–H groups in total. The SMILES string of the molecule is Cc1ccc(CCCNC(=O)CN(c2ccc(C)c(C)c2)S(=O)(=O)c2ccc(C)cc2)cc1. The number of nitrogens with zero attached hydrogens (tertiary/aromatic N) is 1. The zero-order valence-electron chi connectivity index (χ0n) is 19.8. The Bertz CT molecular complexity index is 1200. The number of carbonyl (C=O) groups is 1. The molecule has 0 unspecified atom stereocenters. The predicted molar refractivity (Wildman–Crippen MR) is 134 cm³/mol. The number of carbonyl (C=O) groups excluding carboxylic acids is 1. The van der Waals surface area contributed by atoms with Crippen LogP contribution in [0.1, 0.15) is 34.2 Å². The molecule has 33 heavy (non-hydrogen) atoms. The molecule has 0 saturated heterocycles. The van der Waals surface area contributed by atoms with Crippen LogP contribution in [0.2, 0.25) is 0 Å². The van der Waals surface area contributed by atoms with Crippen LogP contribution < -0.4 is 9.62 Å². The standard InChI is InChI=1S/C27H32N2O3S/c1-20-7-12-24(13-8-20)6-5-17-28-27(30)19-29(25-14-11-22(3)23(4)18-25)33(31,32)26-15-9-21(2)10-16-26/h7-16,18H,5-6,17,19H2,1-4H3,(H,28,30). The lowest BCUT2D eigenvalue weighted by Crippen LogP contribution is -2.41. The summed E-state index contributed by atoms with van der Waals surface area (Å²) in [6, 6.07) is 20.5. The minimum Gasteiger partial charge on any atom is -0.355 e. The van der Waals surface area contributed by atoms with Crippen LogP contribution in [0, 0.1) is 27.7 Å². The van der Waals surface area contributed by atoms with Gasteiger partial charge in [-0.25, -0.2) is 8.42 Å². The predicted octanol–water partition coefficient (Wildman–Crippen LogP) is 4.86. The van der Waals surface area contributed by atoms with Crippen molar-refractivity contribution in [3.63, 3.8) is 0 Å². The summed E-state index contributed by atoms with van der Waals surface area (Å²) < 4.78 is 28.1. The monoisotopic (exact) mass is 464 g/mol. The van der Waals surface area contributed by atoms with E-state index in [0.717, 1.165) is 29.5 Å². The maximum absolute atomic E-state index is 13.5. The van der Waals surface area contributed by atoms with Gasteiger partial charge in [-0.2, -0.15) is 0 Å². The maximum Gasteiger partial charge on any atom is 0.264 e. The van der Waals surface area contributed by atoms with Gasteiger partial charge in [0.1, 0.15) is 6.54 Å². The number of nitrogens with one attached hydrogen (secondary N) is 1. The first-order valence-electron chi connectivity index (χ1n) is 11.2. The molecule has 0 atom stereocenters. The van der Waals surface area contributed by atoms with Gasteiger partial charge in [0.15, 0.2) is 0 Å². The van der Waals surface area contributed by atoms with E-state index in [2.05, 4.69) is 36.5 Å². The Morgan fingerprint density at radius 2 is 1.42 bits per heavy atom. The van der Waals surface area contributed by atoms with Gasteiger partial charge in [0.25, 0.3) is 10.0 Å². The summed E-state index contributed by atoms with van der Waals surface area (Å²) in [6.07, 6.45) is 1.63. The molecule has 174 valence electrons. The van der Waals surface area contributed by atoms with E-state index in [1.165, 1.54) is 15.4 Å². The van der Waals surface area contributed by atoms with E-state index >= 15 is 0 Å². The molecule has 5 nitrogen and oxygen atoms in total. The highest BCUT2D eigenvalue weighted by Gasteiger charge is 2.27. The van der Waals surface area contributed by atoms with Crippen molar-refractivity contribution in [1.82, 2.24) is 5.32 Å². The van der Waals surface area contributed by atoms with E-state index in [0.29, 0.717) is 12.2 Å². The minimum atomic E-state index is -3.90. The molecule has 6 heteroatoms. The Labute approximate surface area is 197 Å². The molecule has 3 aromatic carbocycles. The number of hydrogen-bond donors (Lipinski definition) is 1. The smallest absolute Gasteiger partial charge is 0.264 e. The highest BCUT2D eigenvalue weighted by Crippen LogP contribution is 2.26. The number of sulfonamides is 1. The van der Waals surface area contributed by atoms with E-state index in [9.17, 15) is 13.2 Å². The van der Waals surface area contributed by atoms with Crippen LogP contribution in [-0.4, -0.2) is 27.4 Å². The van der Waals surface area contributed by atoms with E-state index in [4.69, 9.17) is 0 Å². The van der Waals surface area contributed by atoms with E-state index in [1.54, 1.807) is 30.3 Å². The zero-order chi connectivity index (χ0) is 24.0. The molecule has 0 saturated carbocycles. The summed E-state index contributed by atoms with van der Waals surface area (Å²) in [6.45, 7) is 8.07. The Balaban J connectivity index is 1.73. The Morgan fingerprint density at radius 1 is 0.818 bits per heavy atom. The second-order valence-corrected chi connectivity index (χ2v) is 10.4. The molecule has 0 spiro atoms. The quantitative estimate of drug-likeness (QED) is 0.460. The van der Waals surface area contributed by atoms with Gasteiger partial charge in [-0.05, 0) is 81.5 Å². The lowest BCUT2D eigenvalue weighted by atomic mass is 10.1. The number of amides is 1. The van der Waals surface area contributed by atoms with Crippen molar-refractivity contribution in [3.8, 4) is 0 Å². The van der Waals surface area contributed by atoms with Crippen LogP contribution >= 0.6 is 0 Å². The zero-order valence-corrected chi connectivity index (χ0v) is 20.6. The summed E-state index contributed by atoms with van der Waals surface area (Å²) in [5.41, 5.74) is 5.91. The van der Waals surface area contributed by atoms with E-state index in [1.807, 2.05) is 32.9 Å². The highest BCUT2D eigenvalue weighted by molar-refractivity contribution is 7.92. The van der Waals surface area contributed by atoms with Gasteiger partial charge in [0.05, 0.1) is 10.6 Å². The Morgan fingerprint density at radius 3 is 2.03 bits per heavy atom. The van der Waals surface area contributed by atoms with Crippen molar-refractivity contribution >= 4 is 21.6 Å². The van der Waals surface area contributed by atoms with Gasteiger partial charge in [0.2, 0.25) is 5.91 Å². The molecule has 0 radical (unpaired) electrons. The van der Waals surface area contributed by atoms with Crippen LogP contribution in [-0.2, 0) is 21.2 Å². The molecular weight excluding hydrogens is 432 g/mol. The molecular formula is C27H32N2O3S. The second kappa shape index (κ2) is 10.7. The van der Waals surface area contributed by atoms with Gasteiger partial charge in [-0.1, -0.05) is 53.6 Å². The van der Waals surface area contributed by atoms with Gasteiger partial charge < -0.3 is 5.32 Å². The summed E-state index contributed by atoms with van der Waals surface area (Å²) in [4.78, 5) is 12.9. The fraction of sp³-hybridized carbons (Fsp3) is 0.296. The van der Waals surface area contributed by atoms with Crippen LogP contribution in [0.5, 0.6) is 0 Å². The molecule has 0 aliphatic carbocycles. The van der Waals surface area contributed by atoms with E-state index in [-0.39, 0.29) is 17.3 Å². The number of anilines is 1. The molecule has 0 aliphatic rings. The maximum atomic E-state index is 13.5. The Hall–Kier alpha value is -3.12. The fourth-order valence-corrected chi connectivity index (χ4v) is 4.91. The van der Waals surface area contributed by atoms with Crippen molar-refractivity contribution in [2.45, 2.75) is 45.4 Å². The molecule has 0 fully saturated rings. The molecule has 0 bridgehead atoms. The summed E-state index contributed by atoms with van der Waals surface area (Å²) in [5.74, 6) is -0.326. The number of hydrogen-bond acceptors (Lipinski definition) is 3. The van der Waals surface area contributed by atoms with Crippen molar-refractivity contribution in [2.24, 2.45) is 0 Å². The molecule has 0 heterocycles. The lowest BCUT2D eigenvalue weighted by molar-refractivity contribution is -0.119. The first kappa shape index (κ1) is 24.5. The van der Waals surface area contributed by atoms with Crippen LogP contribution in [0.4, 0.5) is 5.69 Å². The summed E-state index contributed by atoms with van der Waals surface area (Å²) >= 11 is 0. The van der Waals surface area contributed by atoms with Crippen molar-refractivity contribution < 1.29 is 13.2 Å². The minimum absolute atomic E-state index is 0.165. The lowest BCUT2D eigenvalue weighted by Gasteiger charge is -2.25. The van der Waals surface area contributed by atoms with Crippen molar-refractivity contribution in [3.05, 3.63) is 94.5 Å². The van der Waals surface area contributed by atoms with Gasteiger partial charge >= 0.3 is 0 Å². The number of benzene rings is 3. The molecule has 0 aromatic heterocycles. The highest BCUT2D eigenvalue weighted by atomic mass is 32.2. The van der Waals surface area contributed by atoms with Crippen LogP contribution in [0.15, 0.2) is 71.6 Å². The third-order valence-corrected chi connectivity index (χ3v) is 7.55. The van der Waals surface area contributed by atoms with Gasteiger partial charge in [0, 0.05) is 6.54 Å². The summed E-state index contributed by atoms with van der Waals surface area (Å²) in [5, 5.41) is 2.88. The van der Waals surface area contributed by atoms with Crippen molar-refractivity contribution in [2.75, 3.05) is 17.4 Å². The molecule has 1 amide bonds. The van der Waals surface area contributed by atoms with E-state index < -0.39 is 10.0 Å². The molecule has 3 rings (SSSR count). The topological polar surface area (TPSA) is 66.5 Å². The van der Waals surface area contributed by atoms with Crippen molar-refractivity contribution in [1.29, 1.82) is 0 Å². The second-order valence-electron chi connectivity index (χ2n) is 8.53. The normalized spacial score (nSPS) is 11.3.